The van der Waals surface area contributed by atoms with Gasteiger partial charge in [-0.1, -0.05) is 0 Å². The minimum absolute atomic E-state index is 0.0514. The van der Waals surface area contributed by atoms with Crippen molar-refractivity contribution >= 4 is 5.78 Å². The van der Waals surface area contributed by atoms with Gasteiger partial charge in [0.1, 0.15) is 5.75 Å². The van der Waals surface area contributed by atoms with E-state index in [1.165, 1.54) is 0 Å². The summed E-state index contributed by atoms with van der Waals surface area (Å²) in [6.07, 6.45) is 3.77. The van der Waals surface area contributed by atoms with Crippen LogP contribution in [0.25, 0.3) is 0 Å². The summed E-state index contributed by atoms with van der Waals surface area (Å²) >= 11 is 0. The Labute approximate surface area is 106 Å². The average molecular weight is 244 g/mol. The van der Waals surface area contributed by atoms with E-state index in [1.807, 2.05) is 29.9 Å². The van der Waals surface area contributed by atoms with Crippen LogP contribution in [-0.2, 0) is 6.54 Å². The third kappa shape index (κ3) is 2.59. The fraction of sp³-hybridized carbons (Fsp3) is 0.286. The van der Waals surface area contributed by atoms with Gasteiger partial charge in [-0.2, -0.15) is 5.10 Å². The fourth-order valence-electron chi connectivity index (χ4n) is 1.85. The highest BCUT2D eigenvalue weighted by Gasteiger charge is 2.08. The topological polar surface area (TPSA) is 44.1 Å². The third-order valence-corrected chi connectivity index (χ3v) is 2.78. The molecule has 1 aromatic heterocycles. The summed E-state index contributed by atoms with van der Waals surface area (Å²) < 4.78 is 7.14. The minimum Gasteiger partial charge on any atom is -0.496 e. The number of rotatable bonds is 4. The first kappa shape index (κ1) is 12.4. The molecule has 0 aliphatic heterocycles. The zero-order chi connectivity index (χ0) is 13.1. The Morgan fingerprint density at radius 3 is 2.78 bits per heavy atom. The van der Waals surface area contributed by atoms with Crippen LogP contribution in [0, 0.1) is 6.92 Å². The van der Waals surface area contributed by atoms with Crippen molar-refractivity contribution in [2.24, 2.45) is 0 Å². The van der Waals surface area contributed by atoms with Crippen molar-refractivity contribution in [2.75, 3.05) is 7.11 Å². The number of benzene rings is 1. The number of Topliss-reactive ketones (excluding diaryl/α,β-unsaturated/α-hetero) is 1. The molecule has 4 heteroatoms. The van der Waals surface area contributed by atoms with E-state index in [2.05, 4.69) is 5.10 Å². The predicted molar refractivity (Wildman–Crippen MR) is 69.1 cm³/mol. The molecule has 94 valence electrons. The maximum absolute atomic E-state index is 11.4. The highest BCUT2D eigenvalue weighted by atomic mass is 16.5. The lowest BCUT2D eigenvalue weighted by molar-refractivity contribution is 0.101. The average Bonchev–Trinajstić information content (AvgIpc) is 2.74. The number of hydrogen-bond donors (Lipinski definition) is 0. The normalized spacial score (nSPS) is 10.4. The Morgan fingerprint density at radius 2 is 2.22 bits per heavy atom. The fourth-order valence-corrected chi connectivity index (χ4v) is 1.85. The van der Waals surface area contributed by atoms with Gasteiger partial charge in [-0.15, -0.1) is 0 Å². The van der Waals surface area contributed by atoms with Crippen LogP contribution in [-0.4, -0.2) is 22.7 Å². The van der Waals surface area contributed by atoms with E-state index in [1.54, 1.807) is 26.3 Å². The first-order valence-electron chi connectivity index (χ1n) is 5.77. The Kier molecular flexibility index (Phi) is 3.46. The van der Waals surface area contributed by atoms with Crippen molar-refractivity contribution in [1.29, 1.82) is 0 Å². The molecule has 0 saturated heterocycles. The van der Waals surface area contributed by atoms with Crippen molar-refractivity contribution < 1.29 is 9.53 Å². The summed E-state index contributed by atoms with van der Waals surface area (Å²) in [6.45, 7) is 4.15. The van der Waals surface area contributed by atoms with Crippen molar-refractivity contribution in [3.63, 3.8) is 0 Å². The van der Waals surface area contributed by atoms with Gasteiger partial charge in [-0.3, -0.25) is 9.48 Å². The number of carbonyl (C=O) groups excluding carboxylic acids is 1. The molecule has 0 N–H and O–H groups in total. The molecule has 0 saturated carbocycles. The number of hydrogen-bond acceptors (Lipinski definition) is 3. The highest BCUT2D eigenvalue weighted by molar-refractivity contribution is 5.94. The maximum atomic E-state index is 11.4. The highest BCUT2D eigenvalue weighted by Crippen LogP contribution is 2.21. The molecule has 0 aliphatic carbocycles. The van der Waals surface area contributed by atoms with Crippen molar-refractivity contribution in [3.05, 3.63) is 47.3 Å². The number of nitrogens with zero attached hydrogens (tertiary/aromatic N) is 2. The van der Waals surface area contributed by atoms with Gasteiger partial charge in [0, 0.05) is 17.3 Å². The SMILES string of the molecule is COc1ccc(C(C)=O)cc1Cn1cc(C)cn1. The van der Waals surface area contributed by atoms with Gasteiger partial charge < -0.3 is 4.74 Å². The van der Waals surface area contributed by atoms with Crippen LogP contribution in [0.3, 0.4) is 0 Å². The van der Waals surface area contributed by atoms with Gasteiger partial charge >= 0.3 is 0 Å². The van der Waals surface area contributed by atoms with Crippen LogP contribution >= 0.6 is 0 Å². The molecule has 0 fully saturated rings. The molecule has 0 unspecified atom stereocenters. The van der Waals surface area contributed by atoms with Gasteiger partial charge in [0.05, 0.1) is 19.9 Å². The molecule has 0 atom stereocenters. The molecule has 2 rings (SSSR count). The van der Waals surface area contributed by atoms with Crippen LogP contribution in [0.15, 0.2) is 30.6 Å². The van der Waals surface area contributed by atoms with Gasteiger partial charge in [-0.25, -0.2) is 0 Å². The molecule has 0 aliphatic rings. The Morgan fingerprint density at radius 1 is 1.44 bits per heavy atom. The van der Waals surface area contributed by atoms with E-state index in [0.29, 0.717) is 12.1 Å². The standard InChI is InChI=1S/C14H16N2O2/c1-10-7-15-16(8-10)9-13-6-12(11(2)17)4-5-14(13)18-3/h4-8H,9H2,1-3H3. The number of aromatic nitrogens is 2. The molecule has 18 heavy (non-hydrogen) atoms. The van der Waals surface area contributed by atoms with E-state index in [0.717, 1.165) is 16.9 Å². The molecule has 0 amide bonds. The van der Waals surface area contributed by atoms with Gasteiger partial charge in [0.25, 0.3) is 0 Å². The number of aryl methyl sites for hydroxylation is 1. The zero-order valence-electron chi connectivity index (χ0n) is 10.8. The van der Waals surface area contributed by atoms with E-state index >= 15 is 0 Å². The van der Waals surface area contributed by atoms with Gasteiger partial charge in [0.15, 0.2) is 5.78 Å². The summed E-state index contributed by atoms with van der Waals surface area (Å²) in [5.74, 6) is 0.823. The van der Waals surface area contributed by atoms with Crippen LogP contribution in [0.1, 0.15) is 28.4 Å². The largest absolute Gasteiger partial charge is 0.496 e. The molecular weight excluding hydrogens is 228 g/mol. The van der Waals surface area contributed by atoms with Crippen molar-refractivity contribution in [2.45, 2.75) is 20.4 Å². The summed E-state index contributed by atoms with van der Waals surface area (Å²) in [5.41, 5.74) is 2.75. The first-order valence-corrected chi connectivity index (χ1v) is 5.77. The molecular formula is C14H16N2O2. The maximum Gasteiger partial charge on any atom is 0.159 e. The second kappa shape index (κ2) is 5.04. The lowest BCUT2D eigenvalue weighted by Crippen LogP contribution is -2.04. The van der Waals surface area contributed by atoms with Gasteiger partial charge in [-0.05, 0) is 37.6 Å². The van der Waals surface area contributed by atoms with Crippen molar-refractivity contribution in [1.82, 2.24) is 9.78 Å². The van der Waals surface area contributed by atoms with E-state index in [4.69, 9.17) is 4.74 Å². The number of ketones is 1. The summed E-state index contributed by atoms with van der Waals surface area (Å²) in [7, 11) is 1.63. The molecule has 1 aromatic carbocycles. The quantitative estimate of drug-likeness (QED) is 0.776. The summed E-state index contributed by atoms with van der Waals surface area (Å²) in [5, 5.41) is 4.24. The Bertz CT molecular complexity index is 573. The molecule has 4 nitrogen and oxygen atoms in total. The van der Waals surface area contributed by atoms with E-state index in [-0.39, 0.29) is 5.78 Å². The molecule has 0 radical (unpaired) electrons. The lowest BCUT2D eigenvalue weighted by atomic mass is 10.1. The van der Waals surface area contributed by atoms with Crippen LogP contribution in [0.2, 0.25) is 0 Å². The van der Waals surface area contributed by atoms with Crippen LogP contribution in [0.5, 0.6) is 5.75 Å². The lowest BCUT2D eigenvalue weighted by Gasteiger charge is -2.10. The van der Waals surface area contributed by atoms with E-state index < -0.39 is 0 Å². The monoisotopic (exact) mass is 244 g/mol. The van der Waals surface area contributed by atoms with Gasteiger partial charge in [0.2, 0.25) is 0 Å². The Balaban J connectivity index is 2.35. The molecule has 0 spiro atoms. The Hall–Kier alpha value is -2.10. The van der Waals surface area contributed by atoms with Crippen LogP contribution in [0.4, 0.5) is 0 Å². The first-order chi connectivity index (χ1) is 8.60. The van der Waals surface area contributed by atoms with Crippen molar-refractivity contribution in [3.8, 4) is 5.75 Å². The third-order valence-electron chi connectivity index (χ3n) is 2.78. The summed E-state index contributed by atoms with van der Waals surface area (Å²) in [6, 6.07) is 5.46. The second-order valence-corrected chi connectivity index (χ2v) is 4.30. The number of carbonyl (C=O) groups is 1. The smallest absolute Gasteiger partial charge is 0.159 e. The number of methoxy groups -OCH3 is 1. The minimum atomic E-state index is 0.0514. The van der Waals surface area contributed by atoms with Crippen LogP contribution < -0.4 is 4.74 Å². The molecule has 1 heterocycles. The number of ether oxygens (including phenoxy) is 1. The summed E-state index contributed by atoms with van der Waals surface area (Å²) in [4.78, 5) is 11.4. The molecule has 2 aromatic rings. The van der Waals surface area contributed by atoms with E-state index in [9.17, 15) is 4.79 Å². The zero-order valence-corrected chi connectivity index (χ0v) is 10.8. The molecule has 0 bridgehead atoms. The second-order valence-electron chi connectivity index (χ2n) is 4.30. The predicted octanol–water partition coefficient (Wildman–Crippen LogP) is 2.45.